The van der Waals surface area contributed by atoms with E-state index in [1.807, 2.05) is 6.92 Å². The molecule has 1 aliphatic heterocycles. The van der Waals surface area contributed by atoms with Gasteiger partial charge in [0.15, 0.2) is 0 Å². The van der Waals surface area contributed by atoms with E-state index >= 15 is 0 Å². The number of ether oxygens (including phenoxy) is 1. The Morgan fingerprint density at radius 1 is 1.52 bits per heavy atom. The highest BCUT2D eigenvalue weighted by molar-refractivity contribution is 6.30. The topological polar surface area (TPSA) is 61.8 Å². The summed E-state index contributed by atoms with van der Waals surface area (Å²) in [5, 5.41) is 13.1. The minimum absolute atomic E-state index is 0.148. The third-order valence-electron chi connectivity index (χ3n) is 3.38. The molecule has 1 aromatic carbocycles. The maximum absolute atomic E-state index is 12.0. The molecule has 2 rings (SSSR count). The molecule has 0 aromatic heterocycles. The summed E-state index contributed by atoms with van der Waals surface area (Å²) in [7, 11) is 0. The number of nitrogens with zero attached hydrogens (tertiary/aromatic N) is 1. The Hall–Kier alpha value is -1.46. The number of β-amino-alcohol motifs (C(OH)–C–C–N with tert-alkyl or cyclic N) is 1. The predicted octanol–water partition coefficient (Wildman–Crippen LogP) is 2.27. The predicted molar refractivity (Wildman–Crippen MR) is 81.8 cm³/mol. The third-order valence-corrected chi connectivity index (χ3v) is 3.63. The first kappa shape index (κ1) is 15.9. The average Bonchev–Trinajstić information content (AvgIpc) is 2.47. The lowest BCUT2D eigenvalue weighted by atomic mass is 10.1. The first-order valence-corrected chi connectivity index (χ1v) is 7.55. The van der Waals surface area contributed by atoms with Gasteiger partial charge in [-0.2, -0.15) is 0 Å². The Bertz CT molecular complexity index is 466. The molecule has 5 nitrogen and oxygen atoms in total. The van der Waals surface area contributed by atoms with Crippen LogP contribution in [-0.4, -0.2) is 47.9 Å². The Morgan fingerprint density at radius 2 is 2.24 bits per heavy atom. The fourth-order valence-corrected chi connectivity index (χ4v) is 2.40. The molecule has 0 saturated carbocycles. The zero-order chi connectivity index (χ0) is 15.2. The molecule has 1 fully saturated rings. The Kier molecular flexibility index (Phi) is 5.70. The highest BCUT2D eigenvalue weighted by atomic mass is 35.5. The molecule has 2 atom stereocenters. The summed E-state index contributed by atoms with van der Waals surface area (Å²) in [6.45, 7) is 3.39. The fourth-order valence-electron chi connectivity index (χ4n) is 2.27. The van der Waals surface area contributed by atoms with Gasteiger partial charge in [-0.3, -0.25) is 0 Å². The van der Waals surface area contributed by atoms with E-state index in [-0.39, 0.29) is 12.1 Å². The molecule has 116 valence electrons. The standard InChI is InChI=1S/C15H21ClN2O3/c1-11(21-14-6-4-12(16)5-7-14)9-17-15(20)18-8-2-3-13(19)10-18/h4-7,11,13,19H,2-3,8-10H2,1H3,(H,17,20). The average molecular weight is 313 g/mol. The van der Waals surface area contributed by atoms with Gasteiger partial charge in [0.2, 0.25) is 0 Å². The second-order valence-corrected chi connectivity index (χ2v) is 5.75. The summed E-state index contributed by atoms with van der Waals surface area (Å²) in [5.41, 5.74) is 0. The van der Waals surface area contributed by atoms with Crippen molar-refractivity contribution in [1.29, 1.82) is 0 Å². The first-order valence-electron chi connectivity index (χ1n) is 7.17. The third kappa shape index (κ3) is 5.10. The number of amides is 2. The molecule has 1 saturated heterocycles. The molecular formula is C15H21ClN2O3. The van der Waals surface area contributed by atoms with Gasteiger partial charge < -0.3 is 20.1 Å². The van der Waals surface area contributed by atoms with Crippen LogP contribution < -0.4 is 10.1 Å². The number of benzene rings is 1. The normalized spacial score (nSPS) is 20.0. The highest BCUT2D eigenvalue weighted by Gasteiger charge is 2.22. The first-order chi connectivity index (χ1) is 10.0. The molecule has 0 radical (unpaired) electrons. The van der Waals surface area contributed by atoms with Gasteiger partial charge in [-0.05, 0) is 44.0 Å². The van der Waals surface area contributed by atoms with Crippen LogP contribution in [0.4, 0.5) is 4.79 Å². The van der Waals surface area contributed by atoms with E-state index in [1.165, 1.54) is 0 Å². The zero-order valence-corrected chi connectivity index (χ0v) is 12.8. The number of likely N-dealkylation sites (tertiary alicyclic amines) is 1. The van der Waals surface area contributed by atoms with E-state index in [2.05, 4.69) is 5.32 Å². The lowest BCUT2D eigenvalue weighted by Gasteiger charge is -2.30. The molecular weight excluding hydrogens is 292 g/mol. The number of aliphatic hydroxyl groups excluding tert-OH is 1. The lowest BCUT2D eigenvalue weighted by molar-refractivity contribution is 0.0832. The molecule has 0 aliphatic carbocycles. The maximum atomic E-state index is 12.0. The molecule has 2 N–H and O–H groups in total. The molecule has 21 heavy (non-hydrogen) atoms. The second-order valence-electron chi connectivity index (χ2n) is 5.31. The van der Waals surface area contributed by atoms with E-state index in [0.29, 0.717) is 24.7 Å². The van der Waals surface area contributed by atoms with Crippen LogP contribution in [0.15, 0.2) is 24.3 Å². The Morgan fingerprint density at radius 3 is 2.90 bits per heavy atom. The van der Waals surface area contributed by atoms with E-state index in [9.17, 15) is 9.90 Å². The van der Waals surface area contributed by atoms with Gasteiger partial charge in [0.25, 0.3) is 0 Å². The van der Waals surface area contributed by atoms with Gasteiger partial charge in [0, 0.05) is 18.1 Å². The number of rotatable bonds is 4. The molecule has 0 bridgehead atoms. The minimum atomic E-state index is -0.410. The number of nitrogens with one attached hydrogen (secondary N) is 1. The van der Waals surface area contributed by atoms with Gasteiger partial charge in [-0.15, -0.1) is 0 Å². The zero-order valence-electron chi connectivity index (χ0n) is 12.1. The molecule has 1 aliphatic rings. The highest BCUT2D eigenvalue weighted by Crippen LogP contribution is 2.16. The molecule has 1 heterocycles. The molecule has 1 aromatic rings. The van der Waals surface area contributed by atoms with Crippen molar-refractivity contribution in [3.63, 3.8) is 0 Å². The number of carbonyl (C=O) groups excluding carboxylic acids is 1. The number of halogens is 1. The number of urea groups is 1. The summed E-state index contributed by atoms with van der Waals surface area (Å²) in [4.78, 5) is 13.6. The van der Waals surface area contributed by atoms with Crippen LogP contribution in [0.2, 0.25) is 5.02 Å². The monoisotopic (exact) mass is 312 g/mol. The van der Waals surface area contributed by atoms with E-state index in [4.69, 9.17) is 16.3 Å². The number of piperidine rings is 1. The van der Waals surface area contributed by atoms with Gasteiger partial charge in [0.05, 0.1) is 12.6 Å². The summed E-state index contributed by atoms with van der Waals surface area (Å²) in [6, 6.07) is 6.96. The molecule has 0 spiro atoms. The number of hydrogen-bond acceptors (Lipinski definition) is 3. The second kappa shape index (κ2) is 7.52. The summed E-state index contributed by atoms with van der Waals surface area (Å²) in [6.07, 6.45) is 1.04. The largest absolute Gasteiger partial charge is 0.489 e. The van der Waals surface area contributed by atoms with Crippen molar-refractivity contribution < 1.29 is 14.6 Å². The van der Waals surface area contributed by atoms with Crippen molar-refractivity contribution in [1.82, 2.24) is 10.2 Å². The van der Waals surface area contributed by atoms with Crippen molar-refractivity contribution in [2.75, 3.05) is 19.6 Å². The SMILES string of the molecule is CC(CNC(=O)N1CCCC(O)C1)Oc1ccc(Cl)cc1. The summed E-state index contributed by atoms with van der Waals surface area (Å²) < 4.78 is 5.69. The summed E-state index contributed by atoms with van der Waals surface area (Å²) in [5.74, 6) is 0.717. The van der Waals surface area contributed by atoms with Crippen LogP contribution in [0.1, 0.15) is 19.8 Å². The van der Waals surface area contributed by atoms with Crippen LogP contribution in [0, 0.1) is 0 Å². The van der Waals surface area contributed by atoms with Crippen LogP contribution in [-0.2, 0) is 0 Å². The minimum Gasteiger partial charge on any atom is -0.489 e. The van der Waals surface area contributed by atoms with Gasteiger partial charge in [0.1, 0.15) is 11.9 Å². The van der Waals surface area contributed by atoms with Crippen LogP contribution >= 0.6 is 11.6 Å². The number of aliphatic hydroxyl groups is 1. The lowest BCUT2D eigenvalue weighted by Crippen LogP contribution is -2.48. The van der Waals surface area contributed by atoms with Crippen molar-refractivity contribution in [3.05, 3.63) is 29.3 Å². The van der Waals surface area contributed by atoms with Gasteiger partial charge >= 0.3 is 6.03 Å². The van der Waals surface area contributed by atoms with E-state index in [1.54, 1.807) is 29.2 Å². The number of carbonyl (C=O) groups is 1. The van der Waals surface area contributed by atoms with Crippen molar-refractivity contribution >= 4 is 17.6 Å². The van der Waals surface area contributed by atoms with Crippen LogP contribution in [0.25, 0.3) is 0 Å². The molecule has 2 unspecified atom stereocenters. The smallest absolute Gasteiger partial charge is 0.317 e. The quantitative estimate of drug-likeness (QED) is 0.896. The molecule has 2 amide bonds. The van der Waals surface area contributed by atoms with Crippen LogP contribution in [0.3, 0.4) is 0 Å². The van der Waals surface area contributed by atoms with Gasteiger partial charge in [-0.25, -0.2) is 4.79 Å². The maximum Gasteiger partial charge on any atom is 0.317 e. The fraction of sp³-hybridized carbons (Fsp3) is 0.533. The van der Waals surface area contributed by atoms with Crippen molar-refractivity contribution in [2.45, 2.75) is 32.0 Å². The Labute approximate surface area is 129 Å². The van der Waals surface area contributed by atoms with Crippen molar-refractivity contribution in [2.24, 2.45) is 0 Å². The number of hydrogen-bond donors (Lipinski definition) is 2. The molecule has 6 heteroatoms. The Balaban J connectivity index is 1.74. The van der Waals surface area contributed by atoms with E-state index in [0.717, 1.165) is 18.6 Å². The van der Waals surface area contributed by atoms with Crippen molar-refractivity contribution in [3.8, 4) is 5.75 Å². The van der Waals surface area contributed by atoms with Gasteiger partial charge in [-0.1, -0.05) is 11.6 Å². The van der Waals surface area contributed by atoms with E-state index < -0.39 is 6.10 Å². The summed E-state index contributed by atoms with van der Waals surface area (Å²) >= 11 is 5.81. The van der Waals surface area contributed by atoms with Crippen LogP contribution in [0.5, 0.6) is 5.75 Å².